The van der Waals surface area contributed by atoms with Crippen LogP contribution in [0.5, 0.6) is 0 Å². The van der Waals surface area contributed by atoms with Gasteiger partial charge in [-0.15, -0.1) is 0 Å². The average molecular weight is 242 g/mol. The van der Waals surface area contributed by atoms with Crippen molar-refractivity contribution >= 4 is 23.3 Å². The first-order valence-electron chi connectivity index (χ1n) is 5.30. The number of anilines is 1. The monoisotopic (exact) mass is 241 g/mol. The van der Waals surface area contributed by atoms with E-state index >= 15 is 0 Å². The number of carbonyl (C=O) groups excluding carboxylic acids is 1. The Balaban J connectivity index is 2.69. The molecule has 0 amide bonds. The zero-order valence-corrected chi connectivity index (χ0v) is 10.3. The Kier molecular flexibility index (Phi) is 4.62. The fraction of sp³-hybridized carbons (Fsp3) is 0.417. The maximum Gasteiger partial charge on any atom is 0.338 e. The number of esters is 1. The van der Waals surface area contributed by atoms with Gasteiger partial charge in [0.15, 0.2) is 0 Å². The highest BCUT2D eigenvalue weighted by Crippen LogP contribution is 2.20. The van der Waals surface area contributed by atoms with Crippen molar-refractivity contribution in [2.24, 2.45) is 0 Å². The van der Waals surface area contributed by atoms with E-state index in [1.54, 1.807) is 12.1 Å². The Bertz CT molecular complexity index is 379. The molecule has 0 bridgehead atoms. The zero-order chi connectivity index (χ0) is 12.1. The minimum atomic E-state index is -0.357. The molecule has 16 heavy (non-hydrogen) atoms. The lowest BCUT2D eigenvalue weighted by atomic mass is 10.2. The number of nitrogens with two attached hydrogens (primary N) is 1. The lowest BCUT2D eigenvalue weighted by Gasteiger charge is -2.12. The number of nitrogen functional groups attached to an aromatic ring is 1. The molecule has 0 aromatic heterocycles. The van der Waals surface area contributed by atoms with Crippen LogP contribution in [-0.4, -0.2) is 12.1 Å². The van der Waals surface area contributed by atoms with Crippen LogP contribution < -0.4 is 5.73 Å². The van der Waals surface area contributed by atoms with Gasteiger partial charge >= 0.3 is 5.97 Å². The maximum absolute atomic E-state index is 11.7. The first-order chi connectivity index (χ1) is 7.54. The summed E-state index contributed by atoms with van der Waals surface area (Å²) < 4.78 is 5.23. The molecule has 0 fully saturated rings. The number of hydrogen-bond donors (Lipinski definition) is 1. The molecule has 0 aliphatic heterocycles. The van der Waals surface area contributed by atoms with E-state index in [9.17, 15) is 4.79 Å². The van der Waals surface area contributed by atoms with Gasteiger partial charge < -0.3 is 10.5 Å². The second kappa shape index (κ2) is 5.75. The van der Waals surface area contributed by atoms with Crippen molar-refractivity contribution in [1.82, 2.24) is 0 Å². The van der Waals surface area contributed by atoms with Gasteiger partial charge in [0.25, 0.3) is 0 Å². The number of carbonyl (C=O) groups is 1. The maximum atomic E-state index is 11.7. The second-order valence-corrected chi connectivity index (χ2v) is 4.15. The van der Waals surface area contributed by atoms with E-state index in [1.165, 1.54) is 6.07 Å². The standard InChI is InChI=1S/C12H16ClNO2/c1-3-4-8(2)16-12(15)9-5-6-10(13)11(14)7-9/h5-8H,3-4,14H2,1-2H3. The highest BCUT2D eigenvalue weighted by Gasteiger charge is 2.12. The van der Waals surface area contributed by atoms with E-state index in [0.717, 1.165) is 12.8 Å². The predicted molar refractivity (Wildman–Crippen MR) is 65.6 cm³/mol. The summed E-state index contributed by atoms with van der Waals surface area (Å²) in [5.74, 6) is -0.357. The van der Waals surface area contributed by atoms with Crippen molar-refractivity contribution in [3.05, 3.63) is 28.8 Å². The lowest BCUT2D eigenvalue weighted by Crippen LogP contribution is -2.14. The first-order valence-corrected chi connectivity index (χ1v) is 5.68. The Labute approximate surface area is 101 Å². The fourth-order valence-electron chi connectivity index (χ4n) is 1.39. The van der Waals surface area contributed by atoms with Crippen LogP contribution in [0.25, 0.3) is 0 Å². The Morgan fingerprint density at radius 3 is 2.81 bits per heavy atom. The summed E-state index contributed by atoms with van der Waals surface area (Å²) in [6.07, 6.45) is 1.76. The summed E-state index contributed by atoms with van der Waals surface area (Å²) >= 11 is 5.76. The smallest absolute Gasteiger partial charge is 0.338 e. The van der Waals surface area contributed by atoms with Gasteiger partial charge in [-0.1, -0.05) is 24.9 Å². The van der Waals surface area contributed by atoms with Gasteiger partial charge in [0.2, 0.25) is 0 Å². The Morgan fingerprint density at radius 1 is 1.56 bits per heavy atom. The van der Waals surface area contributed by atoms with E-state index < -0.39 is 0 Å². The molecular formula is C12H16ClNO2. The van der Waals surface area contributed by atoms with Crippen LogP contribution in [0, 0.1) is 0 Å². The highest BCUT2D eigenvalue weighted by molar-refractivity contribution is 6.33. The van der Waals surface area contributed by atoms with Crippen molar-refractivity contribution in [3.63, 3.8) is 0 Å². The molecular weight excluding hydrogens is 226 g/mol. The minimum Gasteiger partial charge on any atom is -0.459 e. The van der Waals surface area contributed by atoms with Crippen molar-refractivity contribution in [2.75, 3.05) is 5.73 Å². The van der Waals surface area contributed by atoms with E-state index in [4.69, 9.17) is 22.1 Å². The number of rotatable bonds is 4. The zero-order valence-electron chi connectivity index (χ0n) is 9.50. The van der Waals surface area contributed by atoms with Gasteiger partial charge in [-0.3, -0.25) is 0 Å². The van der Waals surface area contributed by atoms with Crippen molar-refractivity contribution in [1.29, 1.82) is 0 Å². The van der Waals surface area contributed by atoms with Crippen LogP contribution >= 0.6 is 11.6 Å². The molecule has 0 saturated heterocycles. The largest absolute Gasteiger partial charge is 0.459 e. The van der Waals surface area contributed by atoms with Gasteiger partial charge in [-0.05, 0) is 31.5 Å². The van der Waals surface area contributed by atoms with Crippen molar-refractivity contribution < 1.29 is 9.53 Å². The van der Waals surface area contributed by atoms with E-state index in [2.05, 4.69) is 0 Å². The summed E-state index contributed by atoms with van der Waals surface area (Å²) in [4.78, 5) is 11.7. The Morgan fingerprint density at radius 2 is 2.25 bits per heavy atom. The second-order valence-electron chi connectivity index (χ2n) is 3.74. The summed E-state index contributed by atoms with van der Waals surface area (Å²) in [6.45, 7) is 3.92. The van der Waals surface area contributed by atoms with Crippen LogP contribution in [0.4, 0.5) is 5.69 Å². The molecule has 0 saturated carbocycles. The minimum absolute atomic E-state index is 0.0746. The van der Waals surface area contributed by atoms with E-state index in [0.29, 0.717) is 16.3 Å². The van der Waals surface area contributed by atoms with Crippen molar-refractivity contribution in [3.8, 4) is 0 Å². The summed E-state index contributed by atoms with van der Waals surface area (Å²) in [6, 6.07) is 4.74. The van der Waals surface area contributed by atoms with Gasteiger partial charge in [-0.2, -0.15) is 0 Å². The molecule has 0 heterocycles. The van der Waals surface area contributed by atoms with Crippen LogP contribution in [-0.2, 0) is 4.74 Å². The third-order valence-electron chi connectivity index (χ3n) is 2.24. The van der Waals surface area contributed by atoms with Gasteiger partial charge in [0, 0.05) is 0 Å². The average Bonchev–Trinajstić information content (AvgIpc) is 2.22. The summed E-state index contributed by atoms with van der Waals surface area (Å²) in [5, 5.41) is 0.443. The number of benzene rings is 1. The fourth-order valence-corrected chi connectivity index (χ4v) is 1.50. The molecule has 1 unspecified atom stereocenters. The number of ether oxygens (including phenoxy) is 1. The van der Waals surface area contributed by atoms with E-state index in [-0.39, 0.29) is 12.1 Å². The molecule has 1 aromatic carbocycles. The third kappa shape index (κ3) is 3.42. The molecule has 88 valence electrons. The Hall–Kier alpha value is -1.22. The molecule has 3 nitrogen and oxygen atoms in total. The molecule has 1 atom stereocenters. The predicted octanol–water partition coefficient (Wildman–Crippen LogP) is 3.27. The molecule has 0 radical (unpaired) electrons. The molecule has 0 aliphatic rings. The van der Waals surface area contributed by atoms with Gasteiger partial charge in [-0.25, -0.2) is 4.79 Å². The van der Waals surface area contributed by atoms with E-state index in [1.807, 2.05) is 13.8 Å². The number of hydrogen-bond acceptors (Lipinski definition) is 3. The van der Waals surface area contributed by atoms with Crippen LogP contribution in [0.2, 0.25) is 5.02 Å². The quantitative estimate of drug-likeness (QED) is 0.650. The van der Waals surface area contributed by atoms with Gasteiger partial charge in [0.05, 0.1) is 22.4 Å². The molecule has 0 spiro atoms. The third-order valence-corrected chi connectivity index (χ3v) is 2.58. The van der Waals surface area contributed by atoms with Crippen molar-refractivity contribution in [2.45, 2.75) is 32.8 Å². The van der Waals surface area contributed by atoms with Crippen LogP contribution in [0.1, 0.15) is 37.0 Å². The van der Waals surface area contributed by atoms with Crippen LogP contribution in [0.15, 0.2) is 18.2 Å². The summed E-state index contributed by atoms with van der Waals surface area (Å²) in [7, 11) is 0. The lowest BCUT2D eigenvalue weighted by molar-refractivity contribution is 0.0323. The topological polar surface area (TPSA) is 52.3 Å². The SMILES string of the molecule is CCCC(C)OC(=O)c1ccc(Cl)c(N)c1. The first kappa shape index (κ1) is 12.8. The van der Waals surface area contributed by atoms with Gasteiger partial charge in [0.1, 0.15) is 0 Å². The normalized spacial score (nSPS) is 12.2. The molecule has 4 heteroatoms. The van der Waals surface area contributed by atoms with Crippen LogP contribution in [0.3, 0.4) is 0 Å². The molecule has 2 N–H and O–H groups in total. The number of halogens is 1. The molecule has 0 aliphatic carbocycles. The molecule has 1 aromatic rings. The molecule has 1 rings (SSSR count). The highest BCUT2D eigenvalue weighted by atomic mass is 35.5. The summed E-state index contributed by atoms with van der Waals surface area (Å²) in [5.41, 5.74) is 6.43.